The quantitative estimate of drug-likeness (QED) is 0.177. The van der Waals surface area contributed by atoms with Gasteiger partial charge in [0.2, 0.25) is 11.6 Å². The summed E-state index contributed by atoms with van der Waals surface area (Å²) in [5.74, 6) is -4.79. The Labute approximate surface area is 225 Å². The van der Waals surface area contributed by atoms with Crippen LogP contribution < -0.4 is 14.2 Å². The lowest BCUT2D eigenvalue weighted by molar-refractivity contribution is 0.198. The molecule has 0 bridgehead atoms. The van der Waals surface area contributed by atoms with E-state index in [1.807, 2.05) is 6.92 Å². The molecule has 0 saturated heterocycles. The van der Waals surface area contributed by atoms with E-state index in [0.29, 0.717) is 31.6 Å². The van der Waals surface area contributed by atoms with Gasteiger partial charge in [-0.1, -0.05) is 19.4 Å². The number of halogens is 5. The number of hydrogen-bond acceptors (Lipinski definition) is 3. The molecule has 3 aromatic rings. The van der Waals surface area contributed by atoms with E-state index >= 15 is 0 Å². The van der Waals surface area contributed by atoms with E-state index < -0.39 is 29.1 Å². The molecule has 1 saturated carbocycles. The number of benzene rings is 3. The first-order valence-electron chi connectivity index (χ1n) is 13.5. The van der Waals surface area contributed by atoms with Gasteiger partial charge in [0.1, 0.15) is 11.6 Å². The Morgan fingerprint density at radius 1 is 0.692 bits per heavy atom. The average molecular weight is 549 g/mol. The highest BCUT2D eigenvalue weighted by Gasteiger charge is 2.27. The van der Waals surface area contributed by atoms with Gasteiger partial charge in [-0.15, -0.1) is 0 Å². The molecule has 0 N–H and O–H groups in total. The van der Waals surface area contributed by atoms with E-state index in [2.05, 4.69) is 0 Å². The Hall–Kier alpha value is -3.29. The van der Waals surface area contributed by atoms with Crippen LogP contribution in [0.15, 0.2) is 42.5 Å². The zero-order valence-corrected chi connectivity index (χ0v) is 22.2. The fourth-order valence-electron chi connectivity index (χ4n) is 4.96. The molecule has 210 valence electrons. The van der Waals surface area contributed by atoms with Crippen LogP contribution >= 0.6 is 0 Å². The molecule has 0 atom stereocenters. The second-order valence-electron chi connectivity index (χ2n) is 9.83. The van der Waals surface area contributed by atoms with Crippen LogP contribution in [0.1, 0.15) is 63.9 Å². The first-order chi connectivity index (χ1) is 18.8. The van der Waals surface area contributed by atoms with Crippen LogP contribution in [0.4, 0.5) is 22.0 Å². The molecule has 3 nitrogen and oxygen atoms in total. The van der Waals surface area contributed by atoms with Crippen LogP contribution in [0.2, 0.25) is 0 Å². The molecular formula is C31H33F5O3. The van der Waals surface area contributed by atoms with Crippen LogP contribution in [0.3, 0.4) is 0 Å². The highest BCUT2D eigenvalue weighted by Crippen LogP contribution is 2.39. The lowest BCUT2D eigenvalue weighted by atomic mass is 9.79. The van der Waals surface area contributed by atoms with Crippen molar-refractivity contribution in [3.63, 3.8) is 0 Å². The molecule has 0 aromatic heterocycles. The van der Waals surface area contributed by atoms with Crippen molar-refractivity contribution in [1.82, 2.24) is 0 Å². The Kier molecular flexibility index (Phi) is 9.70. The normalized spacial score (nSPS) is 17.2. The maximum atomic E-state index is 14.8. The van der Waals surface area contributed by atoms with Gasteiger partial charge < -0.3 is 14.2 Å². The maximum absolute atomic E-state index is 14.8. The summed E-state index contributed by atoms with van der Waals surface area (Å²) in [5, 5.41) is 0. The third-order valence-electron chi connectivity index (χ3n) is 7.18. The summed E-state index contributed by atoms with van der Waals surface area (Å²) in [6.07, 6.45) is 4.52. The highest BCUT2D eigenvalue weighted by molar-refractivity contribution is 5.66. The Balaban J connectivity index is 1.33. The molecule has 3 aromatic carbocycles. The van der Waals surface area contributed by atoms with E-state index in [-0.39, 0.29) is 46.8 Å². The molecule has 1 aliphatic rings. The van der Waals surface area contributed by atoms with Crippen LogP contribution in [0.5, 0.6) is 17.2 Å². The Morgan fingerprint density at radius 2 is 1.36 bits per heavy atom. The summed E-state index contributed by atoms with van der Waals surface area (Å²) in [4.78, 5) is 0. The molecule has 4 rings (SSSR count). The Bertz CT molecular complexity index is 1270. The van der Waals surface area contributed by atoms with Crippen molar-refractivity contribution in [2.75, 3.05) is 19.8 Å². The van der Waals surface area contributed by atoms with Crippen molar-refractivity contribution in [3.05, 3.63) is 77.1 Å². The number of hydrogen-bond donors (Lipinski definition) is 0. The van der Waals surface area contributed by atoms with E-state index in [1.165, 1.54) is 30.3 Å². The molecule has 1 aliphatic carbocycles. The minimum atomic E-state index is -1.18. The van der Waals surface area contributed by atoms with Gasteiger partial charge >= 0.3 is 0 Å². The van der Waals surface area contributed by atoms with Gasteiger partial charge in [0.05, 0.1) is 19.8 Å². The van der Waals surface area contributed by atoms with Gasteiger partial charge in [-0.05, 0) is 86.8 Å². The largest absolute Gasteiger partial charge is 0.493 e. The predicted molar refractivity (Wildman–Crippen MR) is 140 cm³/mol. The summed E-state index contributed by atoms with van der Waals surface area (Å²) >= 11 is 0. The fourth-order valence-corrected chi connectivity index (χ4v) is 4.96. The molecule has 1 fully saturated rings. The minimum Gasteiger partial charge on any atom is -0.493 e. The van der Waals surface area contributed by atoms with Gasteiger partial charge in [0.15, 0.2) is 23.1 Å². The number of rotatable bonds is 11. The van der Waals surface area contributed by atoms with Crippen LogP contribution in [0, 0.1) is 35.0 Å². The standard InChI is InChI=1S/C31H33F5O3/c1-3-5-16-38-27-14-12-22(28(33)31(27)36)20-8-6-19(7-9-20)18-39-21-10-11-23(25(32)17-21)24-13-15-26(37-4-2)30(35)29(24)34/h10-15,17,19-20H,3-9,16,18H2,1-2H3. The fraction of sp³-hybridized carbons (Fsp3) is 0.419. The molecule has 0 heterocycles. The van der Waals surface area contributed by atoms with Crippen LogP contribution in [-0.4, -0.2) is 19.8 Å². The van der Waals surface area contributed by atoms with E-state index in [1.54, 1.807) is 13.0 Å². The molecule has 0 spiro atoms. The molecule has 0 amide bonds. The van der Waals surface area contributed by atoms with Crippen molar-refractivity contribution in [2.24, 2.45) is 5.92 Å². The zero-order chi connectivity index (χ0) is 27.9. The lowest BCUT2D eigenvalue weighted by Crippen LogP contribution is -2.20. The third-order valence-corrected chi connectivity index (χ3v) is 7.18. The SMILES string of the molecule is CCCCOc1ccc(C2CCC(COc3ccc(-c4ccc(OCC)c(F)c4F)c(F)c3)CC2)c(F)c1F. The zero-order valence-electron chi connectivity index (χ0n) is 22.2. The van der Waals surface area contributed by atoms with Gasteiger partial charge in [-0.25, -0.2) is 13.2 Å². The topological polar surface area (TPSA) is 27.7 Å². The van der Waals surface area contributed by atoms with Crippen molar-refractivity contribution in [1.29, 1.82) is 0 Å². The van der Waals surface area contributed by atoms with Gasteiger partial charge in [-0.3, -0.25) is 0 Å². The second-order valence-corrected chi connectivity index (χ2v) is 9.83. The van der Waals surface area contributed by atoms with E-state index in [9.17, 15) is 22.0 Å². The van der Waals surface area contributed by atoms with Crippen molar-refractivity contribution < 1.29 is 36.2 Å². The van der Waals surface area contributed by atoms with E-state index in [0.717, 1.165) is 31.7 Å². The van der Waals surface area contributed by atoms with E-state index in [4.69, 9.17) is 14.2 Å². The van der Waals surface area contributed by atoms with Gasteiger partial charge in [-0.2, -0.15) is 8.78 Å². The van der Waals surface area contributed by atoms with Crippen molar-refractivity contribution in [2.45, 2.75) is 58.3 Å². The summed E-state index contributed by atoms with van der Waals surface area (Å²) in [6.45, 7) is 4.50. The number of unbranched alkanes of at least 4 members (excludes halogenated alkanes) is 1. The summed E-state index contributed by atoms with van der Waals surface area (Å²) in [6, 6.07) is 9.69. The number of ether oxygens (including phenoxy) is 3. The Morgan fingerprint density at radius 3 is 2.05 bits per heavy atom. The summed E-state index contributed by atoms with van der Waals surface area (Å²) in [7, 11) is 0. The second kappa shape index (κ2) is 13.2. The van der Waals surface area contributed by atoms with Crippen molar-refractivity contribution in [3.8, 4) is 28.4 Å². The molecule has 8 heteroatoms. The summed E-state index contributed by atoms with van der Waals surface area (Å²) < 4.78 is 89.0. The van der Waals surface area contributed by atoms with Gasteiger partial charge in [0.25, 0.3) is 0 Å². The molecule has 0 radical (unpaired) electrons. The first kappa shape index (κ1) is 28.7. The smallest absolute Gasteiger partial charge is 0.201 e. The lowest BCUT2D eigenvalue weighted by Gasteiger charge is -2.29. The third kappa shape index (κ3) is 6.65. The average Bonchev–Trinajstić information content (AvgIpc) is 2.94. The monoisotopic (exact) mass is 548 g/mol. The summed E-state index contributed by atoms with van der Waals surface area (Å²) in [5.41, 5.74) is 0.0752. The van der Waals surface area contributed by atoms with Crippen LogP contribution in [0.25, 0.3) is 11.1 Å². The molecule has 0 unspecified atom stereocenters. The predicted octanol–water partition coefficient (Wildman–Crippen LogP) is 8.98. The van der Waals surface area contributed by atoms with Crippen molar-refractivity contribution >= 4 is 0 Å². The molecule has 0 aliphatic heterocycles. The maximum Gasteiger partial charge on any atom is 0.201 e. The van der Waals surface area contributed by atoms with Crippen LogP contribution in [-0.2, 0) is 0 Å². The van der Waals surface area contributed by atoms with Gasteiger partial charge in [0, 0.05) is 17.2 Å². The minimum absolute atomic E-state index is 0.0552. The molecule has 39 heavy (non-hydrogen) atoms. The highest BCUT2D eigenvalue weighted by atomic mass is 19.2. The molecular weight excluding hydrogens is 515 g/mol. The first-order valence-corrected chi connectivity index (χ1v) is 13.5.